The molecule has 1 aliphatic heterocycles. The summed E-state index contributed by atoms with van der Waals surface area (Å²) in [5, 5.41) is 0. The number of aryl methyl sites for hydroxylation is 3. The molecule has 0 bridgehead atoms. The van der Waals surface area contributed by atoms with Crippen molar-refractivity contribution in [2.45, 2.75) is 72.3 Å². The highest BCUT2D eigenvalue weighted by Gasteiger charge is 2.41. The third-order valence-electron chi connectivity index (χ3n) is 6.55. The summed E-state index contributed by atoms with van der Waals surface area (Å²) in [4.78, 5) is 14.6. The zero-order chi connectivity index (χ0) is 26.1. The number of benzene rings is 2. The maximum absolute atomic E-state index is 13.2. The van der Waals surface area contributed by atoms with Crippen LogP contribution in [0.4, 0.5) is 23.2 Å². The normalized spacial score (nSPS) is 15.5. The van der Waals surface area contributed by atoms with Gasteiger partial charge in [0.1, 0.15) is 5.75 Å². The predicted octanol–water partition coefficient (Wildman–Crippen LogP) is 6.15. The van der Waals surface area contributed by atoms with Crippen molar-refractivity contribution in [3.05, 3.63) is 58.1 Å². The lowest BCUT2D eigenvalue weighted by atomic mass is 9.73. The fourth-order valence-electron chi connectivity index (χ4n) is 4.88. The van der Waals surface area contributed by atoms with Gasteiger partial charge in [-0.2, -0.15) is 8.78 Å². The van der Waals surface area contributed by atoms with Gasteiger partial charge in [0, 0.05) is 18.8 Å². The molecule has 0 saturated carbocycles. The highest BCUT2D eigenvalue weighted by Crippen LogP contribution is 2.40. The first-order valence-corrected chi connectivity index (χ1v) is 11.8. The highest BCUT2D eigenvalue weighted by atomic mass is 19.3. The number of anilines is 1. The molecule has 3 rings (SSSR count). The number of hydrogen-bond donors (Lipinski definition) is 1. The fraction of sp³-hybridized carbons (Fsp3) is 0.519. The molecule has 1 unspecified atom stereocenters. The molecular weight excluding hydrogens is 460 g/mol. The summed E-state index contributed by atoms with van der Waals surface area (Å²) in [6.07, 6.45) is -2.22. The van der Waals surface area contributed by atoms with Gasteiger partial charge in [0.05, 0.1) is 5.92 Å². The Balaban J connectivity index is 1.84. The lowest BCUT2D eigenvalue weighted by Gasteiger charge is -2.32. The van der Waals surface area contributed by atoms with Crippen LogP contribution in [0.2, 0.25) is 0 Å². The van der Waals surface area contributed by atoms with Gasteiger partial charge in [0.15, 0.2) is 6.61 Å². The summed E-state index contributed by atoms with van der Waals surface area (Å²) in [5.74, 6) is -4.78. The molecule has 1 amide bonds. The van der Waals surface area contributed by atoms with Crippen molar-refractivity contribution < 1.29 is 27.1 Å². The van der Waals surface area contributed by atoms with Gasteiger partial charge < -0.3 is 15.4 Å². The zero-order valence-corrected chi connectivity index (χ0v) is 20.9. The first-order chi connectivity index (χ1) is 16.2. The number of halogens is 4. The molecule has 192 valence electrons. The van der Waals surface area contributed by atoms with Gasteiger partial charge in [-0.25, -0.2) is 8.78 Å². The predicted molar refractivity (Wildman–Crippen MR) is 130 cm³/mol. The van der Waals surface area contributed by atoms with Crippen molar-refractivity contribution in [3.8, 4) is 5.75 Å². The molecule has 2 aromatic rings. The molecular formula is C27H34F4N2O2. The molecule has 35 heavy (non-hydrogen) atoms. The number of amides is 1. The quantitative estimate of drug-likeness (QED) is 0.470. The Morgan fingerprint density at radius 2 is 1.71 bits per heavy atom. The smallest absolute Gasteiger partial charge is 0.340 e. The van der Waals surface area contributed by atoms with Crippen molar-refractivity contribution in [1.29, 1.82) is 0 Å². The monoisotopic (exact) mass is 494 g/mol. The number of hydrogen-bond acceptors (Lipinski definition) is 3. The number of nitrogens with two attached hydrogens (primary N) is 1. The number of carbonyl (C=O) groups excluding carboxylic acids is 1. The van der Waals surface area contributed by atoms with E-state index in [1.807, 2.05) is 34.6 Å². The number of rotatable bonds is 7. The molecule has 0 fully saturated rings. The van der Waals surface area contributed by atoms with Crippen LogP contribution < -0.4 is 15.4 Å². The average molecular weight is 495 g/mol. The second kappa shape index (κ2) is 10.1. The van der Waals surface area contributed by atoms with Gasteiger partial charge >= 0.3 is 12.3 Å². The first-order valence-electron chi connectivity index (χ1n) is 11.8. The van der Waals surface area contributed by atoms with Crippen LogP contribution in [-0.4, -0.2) is 31.4 Å². The summed E-state index contributed by atoms with van der Waals surface area (Å²) in [5.41, 5.74) is 11.5. The Kier molecular flexibility index (Phi) is 7.72. The molecule has 0 saturated heterocycles. The van der Waals surface area contributed by atoms with Gasteiger partial charge in [0.25, 0.3) is 0 Å². The topological polar surface area (TPSA) is 55.6 Å². The van der Waals surface area contributed by atoms with E-state index in [-0.39, 0.29) is 17.1 Å². The minimum Gasteiger partial charge on any atom is -0.487 e. The van der Waals surface area contributed by atoms with E-state index in [1.165, 1.54) is 0 Å². The van der Waals surface area contributed by atoms with E-state index in [2.05, 4.69) is 17.0 Å². The van der Waals surface area contributed by atoms with E-state index in [0.717, 1.165) is 52.9 Å². The van der Waals surface area contributed by atoms with Gasteiger partial charge in [-0.1, -0.05) is 26.8 Å². The standard InChI is InChI=1S/C27H34F4N2O2/c1-16-11-20(12-17(2)22(16)23(24(32)34)26(3,4)5)33-10-6-7-18-13-21(9-8-19(18)14-33)35-15-27(30,31)25(28)29/h8-9,11-13,23,25H,6-7,10,14-15H2,1-5H3,(H2,32,34). The molecule has 8 heteroatoms. The van der Waals surface area contributed by atoms with Crippen LogP contribution in [0.25, 0.3) is 0 Å². The van der Waals surface area contributed by atoms with Crippen LogP contribution in [0.15, 0.2) is 30.3 Å². The minimum atomic E-state index is -4.19. The molecule has 2 N–H and O–H groups in total. The Bertz CT molecular complexity index is 1060. The van der Waals surface area contributed by atoms with Crippen LogP contribution in [0.5, 0.6) is 5.75 Å². The van der Waals surface area contributed by atoms with Crippen LogP contribution in [0, 0.1) is 19.3 Å². The van der Waals surface area contributed by atoms with E-state index in [0.29, 0.717) is 6.54 Å². The molecule has 1 heterocycles. The third kappa shape index (κ3) is 6.08. The van der Waals surface area contributed by atoms with Crippen molar-refractivity contribution in [2.75, 3.05) is 18.1 Å². The molecule has 2 aromatic carbocycles. The summed E-state index contributed by atoms with van der Waals surface area (Å²) in [6.45, 7) is 10.1. The second-order valence-electron chi connectivity index (χ2n) is 10.5. The Morgan fingerprint density at radius 1 is 1.09 bits per heavy atom. The molecule has 0 aliphatic carbocycles. The van der Waals surface area contributed by atoms with Crippen LogP contribution in [-0.2, 0) is 17.8 Å². The third-order valence-corrected chi connectivity index (χ3v) is 6.55. The van der Waals surface area contributed by atoms with E-state index >= 15 is 0 Å². The lowest BCUT2D eigenvalue weighted by Crippen LogP contribution is -2.33. The first kappa shape index (κ1) is 26.8. The van der Waals surface area contributed by atoms with Crippen molar-refractivity contribution in [1.82, 2.24) is 0 Å². The van der Waals surface area contributed by atoms with Gasteiger partial charge in [-0.3, -0.25) is 4.79 Å². The van der Waals surface area contributed by atoms with Gasteiger partial charge in [-0.15, -0.1) is 0 Å². The van der Waals surface area contributed by atoms with Crippen molar-refractivity contribution in [2.24, 2.45) is 11.1 Å². The van der Waals surface area contributed by atoms with Crippen molar-refractivity contribution >= 4 is 11.6 Å². The molecule has 0 radical (unpaired) electrons. The van der Waals surface area contributed by atoms with E-state index < -0.39 is 24.9 Å². The van der Waals surface area contributed by atoms with Crippen LogP contribution in [0.1, 0.15) is 60.9 Å². The second-order valence-corrected chi connectivity index (χ2v) is 10.5. The van der Waals surface area contributed by atoms with E-state index in [9.17, 15) is 22.4 Å². The van der Waals surface area contributed by atoms with E-state index in [4.69, 9.17) is 10.5 Å². The summed E-state index contributed by atoms with van der Waals surface area (Å²) in [6, 6.07) is 9.18. The number of alkyl halides is 4. The molecule has 1 atom stereocenters. The molecule has 0 aromatic heterocycles. The Labute approximate surface area is 204 Å². The summed E-state index contributed by atoms with van der Waals surface area (Å²) >= 11 is 0. The number of fused-ring (bicyclic) bond motifs is 1. The highest BCUT2D eigenvalue weighted by molar-refractivity contribution is 5.84. The minimum absolute atomic E-state index is 0.160. The number of ether oxygens (including phenoxy) is 1. The van der Waals surface area contributed by atoms with Gasteiger partial charge in [-0.05, 0) is 84.2 Å². The molecule has 0 spiro atoms. The average Bonchev–Trinajstić information content (AvgIpc) is 2.95. The molecule has 1 aliphatic rings. The lowest BCUT2D eigenvalue weighted by molar-refractivity contribution is -0.148. The Morgan fingerprint density at radius 3 is 2.26 bits per heavy atom. The van der Waals surface area contributed by atoms with Crippen LogP contribution in [0.3, 0.4) is 0 Å². The van der Waals surface area contributed by atoms with Gasteiger partial charge in [0.2, 0.25) is 5.91 Å². The largest absolute Gasteiger partial charge is 0.487 e. The SMILES string of the molecule is Cc1cc(N2CCCc3cc(OCC(F)(F)C(F)F)ccc3C2)cc(C)c1C(C(N)=O)C(C)(C)C. The number of carbonyl (C=O) groups is 1. The molecule has 4 nitrogen and oxygen atoms in total. The Hall–Kier alpha value is -2.77. The maximum Gasteiger partial charge on any atom is 0.340 e. The van der Waals surface area contributed by atoms with Crippen LogP contribution >= 0.6 is 0 Å². The number of nitrogens with zero attached hydrogens (tertiary/aromatic N) is 1. The maximum atomic E-state index is 13.2. The fourth-order valence-corrected chi connectivity index (χ4v) is 4.88. The zero-order valence-electron chi connectivity index (χ0n) is 20.9. The summed E-state index contributed by atoms with van der Waals surface area (Å²) < 4.78 is 56.2. The van der Waals surface area contributed by atoms with Crippen molar-refractivity contribution in [3.63, 3.8) is 0 Å². The number of primary amides is 1. The summed E-state index contributed by atoms with van der Waals surface area (Å²) in [7, 11) is 0. The van der Waals surface area contributed by atoms with E-state index in [1.54, 1.807) is 18.2 Å².